The van der Waals surface area contributed by atoms with Gasteiger partial charge in [-0.15, -0.1) is 0 Å². The van der Waals surface area contributed by atoms with Crippen molar-refractivity contribution >= 4 is 11.7 Å². The number of carbonyl (C=O) groups excluding carboxylic acids is 1. The number of unbranched alkanes of at least 4 members (excludes halogenated alkanes) is 1. The minimum absolute atomic E-state index is 0.0310. The fourth-order valence-electron chi connectivity index (χ4n) is 1.82. The van der Waals surface area contributed by atoms with Gasteiger partial charge in [0.1, 0.15) is 0 Å². The van der Waals surface area contributed by atoms with E-state index in [-0.39, 0.29) is 6.03 Å². The number of urea groups is 1. The molecule has 0 spiro atoms. The lowest BCUT2D eigenvalue weighted by atomic mass is 10.0. The van der Waals surface area contributed by atoms with Gasteiger partial charge in [-0.2, -0.15) is 0 Å². The van der Waals surface area contributed by atoms with Gasteiger partial charge in [-0.3, -0.25) is 0 Å². The van der Waals surface area contributed by atoms with E-state index in [2.05, 4.69) is 32.2 Å². The number of para-hydroxylation sites is 1. The molecule has 100 valence electrons. The third-order valence-electron chi connectivity index (χ3n) is 3.02. The number of anilines is 1. The summed E-state index contributed by atoms with van der Waals surface area (Å²) < 4.78 is 0. The zero-order chi connectivity index (χ0) is 13.5. The first kappa shape index (κ1) is 14.6. The molecule has 0 aromatic heterocycles. The fraction of sp³-hybridized carbons (Fsp3) is 0.533. The predicted molar refractivity (Wildman–Crippen MR) is 77.1 cm³/mol. The van der Waals surface area contributed by atoms with Gasteiger partial charge >= 0.3 is 6.03 Å². The summed E-state index contributed by atoms with van der Waals surface area (Å²) in [5.41, 5.74) is 2.09. The minimum Gasteiger partial charge on any atom is -0.328 e. The molecule has 1 N–H and O–H groups in total. The van der Waals surface area contributed by atoms with E-state index in [1.165, 1.54) is 5.56 Å². The Hall–Kier alpha value is -1.51. The fourth-order valence-corrected chi connectivity index (χ4v) is 1.82. The summed E-state index contributed by atoms with van der Waals surface area (Å²) in [7, 11) is 1.84. The summed E-state index contributed by atoms with van der Waals surface area (Å²) in [6.45, 7) is 7.18. The van der Waals surface area contributed by atoms with Crippen LogP contribution >= 0.6 is 0 Å². The molecule has 0 bridgehead atoms. The van der Waals surface area contributed by atoms with Crippen molar-refractivity contribution in [2.24, 2.45) is 0 Å². The molecule has 0 saturated carbocycles. The molecule has 0 saturated heterocycles. The van der Waals surface area contributed by atoms with Gasteiger partial charge in [0.25, 0.3) is 0 Å². The van der Waals surface area contributed by atoms with Crippen LogP contribution in [-0.2, 0) is 0 Å². The lowest BCUT2D eigenvalue weighted by Crippen LogP contribution is -2.32. The van der Waals surface area contributed by atoms with E-state index in [9.17, 15) is 4.79 Å². The monoisotopic (exact) mass is 248 g/mol. The van der Waals surface area contributed by atoms with Crippen LogP contribution in [0.5, 0.6) is 0 Å². The highest BCUT2D eigenvalue weighted by molar-refractivity contribution is 5.90. The van der Waals surface area contributed by atoms with Crippen LogP contribution in [0.2, 0.25) is 0 Å². The predicted octanol–water partition coefficient (Wildman–Crippen LogP) is 4.07. The first-order valence-electron chi connectivity index (χ1n) is 6.67. The van der Waals surface area contributed by atoms with E-state index < -0.39 is 0 Å². The molecule has 0 aliphatic rings. The number of rotatable bonds is 5. The molecular weight excluding hydrogens is 224 g/mol. The lowest BCUT2D eigenvalue weighted by molar-refractivity contribution is 0.222. The van der Waals surface area contributed by atoms with Crippen LogP contribution in [0.3, 0.4) is 0 Å². The van der Waals surface area contributed by atoms with Gasteiger partial charge in [-0.25, -0.2) is 4.79 Å². The molecule has 0 atom stereocenters. The molecule has 0 heterocycles. The summed E-state index contributed by atoms with van der Waals surface area (Å²) >= 11 is 0. The Bertz CT molecular complexity index is 388. The number of nitrogens with one attached hydrogen (secondary N) is 1. The standard InChI is InChI=1S/C15H24N2O/c1-5-6-11-17(4)15(18)16-14-10-8-7-9-13(14)12(2)3/h7-10,12H,5-6,11H2,1-4H3,(H,16,18). The van der Waals surface area contributed by atoms with Crippen LogP contribution in [0, 0.1) is 0 Å². The molecule has 1 rings (SSSR count). The van der Waals surface area contributed by atoms with E-state index in [4.69, 9.17) is 0 Å². The summed E-state index contributed by atoms with van der Waals surface area (Å²) in [5, 5.41) is 2.99. The number of benzene rings is 1. The molecular formula is C15H24N2O. The van der Waals surface area contributed by atoms with Crippen molar-refractivity contribution in [3.63, 3.8) is 0 Å². The molecule has 1 aromatic rings. The van der Waals surface area contributed by atoms with Crippen molar-refractivity contribution in [3.8, 4) is 0 Å². The van der Waals surface area contributed by atoms with Crippen LogP contribution in [0.4, 0.5) is 10.5 Å². The van der Waals surface area contributed by atoms with Crippen molar-refractivity contribution in [2.75, 3.05) is 18.9 Å². The van der Waals surface area contributed by atoms with Crippen molar-refractivity contribution in [1.82, 2.24) is 4.90 Å². The molecule has 0 unspecified atom stereocenters. The zero-order valence-electron chi connectivity index (χ0n) is 11.9. The summed E-state index contributed by atoms with van der Waals surface area (Å²) in [5.74, 6) is 0.405. The second kappa shape index (κ2) is 7.04. The lowest BCUT2D eigenvalue weighted by Gasteiger charge is -2.20. The topological polar surface area (TPSA) is 32.3 Å². The Morgan fingerprint density at radius 1 is 1.33 bits per heavy atom. The third kappa shape index (κ3) is 4.06. The molecule has 0 aliphatic heterocycles. The van der Waals surface area contributed by atoms with E-state index >= 15 is 0 Å². The molecule has 3 heteroatoms. The molecule has 0 aliphatic carbocycles. The average molecular weight is 248 g/mol. The van der Waals surface area contributed by atoms with Gasteiger partial charge in [-0.05, 0) is 24.0 Å². The molecule has 3 nitrogen and oxygen atoms in total. The highest BCUT2D eigenvalue weighted by Crippen LogP contribution is 2.23. The first-order chi connectivity index (χ1) is 8.56. The number of nitrogens with zero attached hydrogens (tertiary/aromatic N) is 1. The van der Waals surface area contributed by atoms with Crippen molar-refractivity contribution in [2.45, 2.75) is 39.5 Å². The quantitative estimate of drug-likeness (QED) is 0.837. The largest absolute Gasteiger partial charge is 0.328 e. The highest BCUT2D eigenvalue weighted by Gasteiger charge is 2.11. The molecule has 0 fully saturated rings. The SMILES string of the molecule is CCCCN(C)C(=O)Nc1ccccc1C(C)C. The second-order valence-electron chi connectivity index (χ2n) is 4.95. The van der Waals surface area contributed by atoms with Crippen LogP contribution in [0.25, 0.3) is 0 Å². The normalized spacial score (nSPS) is 10.5. The van der Waals surface area contributed by atoms with Gasteiger partial charge in [0.05, 0.1) is 0 Å². The van der Waals surface area contributed by atoms with Gasteiger partial charge < -0.3 is 10.2 Å². The van der Waals surface area contributed by atoms with Gasteiger partial charge in [0.15, 0.2) is 0 Å². The van der Waals surface area contributed by atoms with Crippen LogP contribution in [-0.4, -0.2) is 24.5 Å². The van der Waals surface area contributed by atoms with Crippen molar-refractivity contribution < 1.29 is 4.79 Å². The number of hydrogen-bond donors (Lipinski definition) is 1. The van der Waals surface area contributed by atoms with E-state index in [1.54, 1.807) is 4.90 Å². The maximum absolute atomic E-state index is 12.0. The molecule has 2 amide bonds. The average Bonchev–Trinajstić information content (AvgIpc) is 2.36. The summed E-state index contributed by atoms with van der Waals surface area (Å²) in [6, 6.07) is 7.95. The van der Waals surface area contributed by atoms with Crippen molar-refractivity contribution in [1.29, 1.82) is 0 Å². The molecule has 18 heavy (non-hydrogen) atoms. The Morgan fingerprint density at radius 2 is 2.00 bits per heavy atom. The molecule has 1 aromatic carbocycles. The molecule has 0 radical (unpaired) electrons. The maximum Gasteiger partial charge on any atom is 0.321 e. The number of carbonyl (C=O) groups is 1. The number of amides is 2. The van der Waals surface area contributed by atoms with Crippen LogP contribution < -0.4 is 5.32 Å². The van der Waals surface area contributed by atoms with Crippen LogP contribution in [0.15, 0.2) is 24.3 Å². The number of hydrogen-bond acceptors (Lipinski definition) is 1. The second-order valence-corrected chi connectivity index (χ2v) is 4.95. The summed E-state index contributed by atoms with van der Waals surface area (Å²) in [6.07, 6.45) is 2.13. The van der Waals surface area contributed by atoms with Gasteiger partial charge in [0.2, 0.25) is 0 Å². The Labute approximate surface area is 110 Å². The van der Waals surface area contributed by atoms with Crippen LogP contribution in [0.1, 0.15) is 45.1 Å². The van der Waals surface area contributed by atoms with Gasteiger partial charge in [0, 0.05) is 19.3 Å². The Balaban J connectivity index is 2.69. The van der Waals surface area contributed by atoms with E-state index in [0.717, 1.165) is 25.1 Å². The maximum atomic E-state index is 12.0. The van der Waals surface area contributed by atoms with Crippen molar-refractivity contribution in [3.05, 3.63) is 29.8 Å². The minimum atomic E-state index is -0.0310. The Kier molecular flexibility index (Phi) is 5.69. The van der Waals surface area contributed by atoms with E-state index in [1.807, 2.05) is 25.2 Å². The summed E-state index contributed by atoms with van der Waals surface area (Å²) in [4.78, 5) is 13.7. The van der Waals surface area contributed by atoms with E-state index in [0.29, 0.717) is 5.92 Å². The Morgan fingerprint density at radius 3 is 2.61 bits per heavy atom. The highest BCUT2D eigenvalue weighted by atomic mass is 16.2. The smallest absolute Gasteiger partial charge is 0.321 e. The first-order valence-corrected chi connectivity index (χ1v) is 6.67. The zero-order valence-corrected chi connectivity index (χ0v) is 11.9. The third-order valence-corrected chi connectivity index (χ3v) is 3.02. The van der Waals surface area contributed by atoms with Gasteiger partial charge in [-0.1, -0.05) is 45.4 Å².